The van der Waals surface area contributed by atoms with Crippen LogP contribution in [0.1, 0.15) is 5.56 Å². The zero-order valence-corrected chi connectivity index (χ0v) is 7.87. The summed E-state index contributed by atoms with van der Waals surface area (Å²) in [6.07, 6.45) is 7.08. The Labute approximate surface area is 86.7 Å². The summed E-state index contributed by atoms with van der Waals surface area (Å²) in [4.78, 5) is 19.8. The quantitative estimate of drug-likeness (QED) is 0.248. The van der Waals surface area contributed by atoms with Gasteiger partial charge in [-0.3, -0.25) is 14.9 Å². The molecule has 0 aliphatic carbocycles. The first-order valence-electron chi connectivity index (χ1n) is 4.27. The Kier molecular flexibility index (Phi) is 3.97. The maximum Gasteiger partial charge on any atom is 0.269 e. The van der Waals surface area contributed by atoms with Crippen molar-refractivity contribution in [1.82, 2.24) is 0 Å². The third-order valence-electron chi connectivity index (χ3n) is 1.69. The smallest absolute Gasteiger partial charge is 0.269 e. The predicted octanol–water partition coefficient (Wildman–Crippen LogP) is 2.36. The van der Waals surface area contributed by atoms with Crippen molar-refractivity contribution in [3.8, 4) is 0 Å². The third kappa shape index (κ3) is 3.56. The van der Waals surface area contributed by atoms with Crippen LogP contribution < -0.4 is 0 Å². The molecule has 0 aliphatic rings. The molecule has 0 unspecified atom stereocenters. The summed E-state index contributed by atoms with van der Waals surface area (Å²) >= 11 is 0. The maximum absolute atomic E-state index is 10.3. The summed E-state index contributed by atoms with van der Waals surface area (Å²) in [6.45, 7) is 0. The van der Waals surface area contributed by atoms with Crippen LogP contribution in [0.15, 0.2) is 42.5 Å². The van der Waals surface area contributed by atoms with Crippen molar-refractivity contribution in [2.45, 2.75) is 0 Å². The van der Waals surface area contributed by atoms with Crippen LogP contribution in [0.2, 0.25) is 0 Å². The van der Waals surface area contributed by atoms with Gasteiger partial charge in [0.25, 0.3) is 5.69 Å². The molecule has 15 heavy (non-hydrogen) atoms. The molecular formula is C11H9NO3. The van der Waals surface area contributed by atoms with Crippen molar-refractivity contribution in [1.29, 1.82) is 0 Å². The molecule has 0 saturated heterocycles. The van der Waals surface area contributed by atoms with E-state index in [9.17, 15) is 14.9 Å². The molecule has 1 aromatic rings. The highest BCUT2D eigenvalue weighted by molar-refractivity contribution is 5.66. The van der Waals surface area contributed by atoms with Crippen LogP contribution in [-0.4, -0.2) is 11.2 Å². The Bertz CT molecular complexity index is 404. The lowest BCUT2D eigenvalue weighted by Gasteiger charge is -1.92. The van der Waals surface area contributed by atoms with Gasteiger partial charge in [-0.2, -0.15) is 0 Å². The second-order valence-electron chi connectivity index (χ2n) is 2.73. The van der Waals surface area contributed by atoms with E-state index >= 15 is 0 Å². The molecule has 0 fully saturated rings. The van der Waals surface area contributed by atoms with Gasteiger partial charge in [-0.25, -0.2) is 0 Å². The van der Waals surface area contributed by atoms with Crippen molar-refractivity contribution in [3.05, 3.63) is 58.2 Å². The van der Waals surface area contributed by atoms with Crippen LogP contribution in [0.4, 0.5) is 5.69 Å². The molecule has 0 saturated carbocycles. The lowest BCUT2D eigenvalue weighted by molar-refractivity contribution is -0.384. The highest BCUT2D eigenvalue weighted by atomic mass is 16.6. The molecule has 0 heterocycles. The van der Waals surface area contributed by atoms with E-state index in [2.05, 4.69) is 0 Å². The van der Waals surface area contributed by atoms with Gasteiger partial charge in [-0.1, -0.05) is 18.2 Å². The molecule has 4 nitrogen and oxygen atoms in total. The van der Waals surface area contributed by atoms with E-state index in [4.69, 9.17) is 0 Å². The fourth-order valence-electron chi connectivity index (χ4n) is 0.983. The maximum atomic E-state index is 10.3. The van der Waals surface area contributed by atoms with E-state index in [0.29, 0.717) is 6.29 Å². The monoisotopic (exact) mass is 203 g/mol. The van der Waals surface area contributed by atoms with Crippen molar-refractivity contribution in [2.24, 2.45) is 0 Å². The first-order chi connectivity index (χ1) is 7.24. The van der Waals surface area contributed by atoms with E-state index in [1.165, 1.54) is 18.2 Å². The first-order valence-corrected chi connectivity index (χ1v) is 4.27. The number of nitro groups is 1. The van der Waals surface area contributed by atoms with E-state index in [0.717, 1.165) is 5.56 Å². The normalized spacial score (nSPS) is 10.9. The molecule has 0 radical (unpaired) electrons. The Balaban J connectivity index is 2.72. The summed E-state index contributed by atoms with van der Waals surface area (Å²) in [5.41, 5.74) is 0.909. The number of non-ortho nitro benzene ring substituents is 1. The van der Waals surface area contributed by atoms with Crippen LogP contribution >= 0.6 is 0 Å². The number of hydrogen-bond acceptors (Lipinski definition) is 3. The standard InChI is InChI=1S/C11H9NO3/c13-9-3-1-2-4-10-5-7-11(8-6-10)12(14)15/h1-9H/b3-1-,4-2+. The van der Waals surface area contributed by atoms with Gasteiger partial charge < -0.3 is 0 Å². The highest BCUT2D eigenvalue weighted by Gasteiger charge is 2.01. The lowest BCUT2D eigenvalue weighted by Crippen LogP contribution is -1.86. The van der Waals surface area contributed by atoms with E-state index < -0.39 is 4.92 Å². The van der Waals surface area contributed by atoms with Gasteiger partial charge in [0.1, 0.15) is 6.29 Å². The number of allylic oxidation sites excluding steroid dienone is 3. The number of carbonyl (C=O) groups excluding carboxylic acids is 1. The summed E-state index contributed by atoms with van der Waals surface area (Å²) in [5.74, 6) is 0. The molecule has 0 bridgehead atoms. The molecule has 1 rings (SSSR count). The molecule has 0 N–H and O–H groups in total. The minimum atomic E-state index is -0.445. The fourth-order valence-corrected chi connectivity index (χ4v) is 0.983. The molecule has 76 valence electrons. The number of rotatable bonds is 4. The minimum absolute atomic E-state index is 0.0654. The van der Waals surface area contributed by atoms with Crippen molar-refractivity contribution in [3.63, 3.8) is 0 Å². The highest BCUT2D eigenvalue weighted by Crippen LogP contribution is 2.12. The molecule has 0 spiro atoms. The van der Waals surface area contributed by atoms with Gasteiger partial charge in [0, 0.05) is 12.1 Å². The van der Waals surface area contributed by atoms with Gasteiger partial charge in [-0.05, 0) is 23.8 Å². The SMILES string of the molecule is O=C/C=C\C=C\c1ccc([N+](=O)[O-])cc1. The largest absolute Gasteiger partial charge is 0.299 e. The van der Waals surface area contributed by atoms with Gasteiger partial charge in [-0.15, -0.1) is 0 Å². The van der Waals surface area contributed by atoms with Crippen molar-refractivity contribution >= 4 is 18.0 Å². The third-order valence-corrected chi connectivity index (χ3v) is 1.69. The first kappa shape index (κ1) is 10.8. The van der Waals surface area contributed by atoms with Gasteiger partial charge in [0.15, 0.2) is 0 Å². The van der Waals surface area contributed by atoms with Crippen LogP contribution in [-0.2, 0) is 4.79 Å². The molecule has 4 heteroatoms. The van der Waals surface area contributed by atoms with E-state index in [1.807, 2.05) is 0 Å². The number of hydrogen-bond donors (Lipinski definition) is 0. The topological polar surface area (TPSA) is 60.2 Å². The summed E-state index contributed by atoms with van der Waals surface area (Å²) in [5, 5.41) is 10.3. The average molecular weight is 203 g/mol. The fraction of sp³-hybridized carbons (Fsp3) is 0. The molecule has 0 aromatic heterocycles. The Morgan fingerprint density at radius 1 is 1.07 bits per heavy atom. The molecule has 1 aromatic carbocycles. The van der Waals surface area contributed by atoms with Crippen LogP contribution in [0.3, 0.4) is 0 Å². The van der Waals surface area contributed by atoms with Crippen molar-refractivity contribution < 1.29 is 9.72 Å². The molecular weight excluding hydrogens is 194 g/mol. The Morgan fingerprint density at radius 3 is 2.27 bits per heavy atom. The predicted molar refractivity (Wildman–Crippen MR) is 57.3 cm³/mol. The average Bonchev–Trinajstić information content (AvgIpc) is 2.25. The lowest BCUT2D eigenvalue weighted by atomic mass is 10.2. The zero-order chi connectivity index (χ0) is 11.1. The number of carbonyl (C=O) groups is 1. The van der Waals surface area contributed by atoms with Gasteiger partial charge >= 0.3 is 0 Å². The van der Waals surface area contributed by atoms with Crippen molar-refractivity contribution in [2.75, 3.05) is 0 Å². The number of nitro benzene ring substituents is 1. The molecule has 0 aliphatic heterocycles. The Hall–Kier alpha value is -2.23. The van der Waals surface area contributed by atoms with E-state index in [-0.39, 0.29) is 5.69 Å². The number of nitrogens with zero attached hydrogens (tertiary/aromatic N) is 1. The summed E-state index contributed by atoms with van der Waals surface area (Å²) in [6, 6.07) is 6.15. The summed E-state index contributed by atoms with van der Waals surface area (Å²) < 4.78 is 0. The zero-order valence-electron chi connectivity index (χ0n) is 7.87. The summed E-state index contributed by atoms with van der Waals surface area (Å²) in [7, 11) is 0. The number of aldehydes is 1. The number of benzene rings is 1. The Morgan fingerprint density at radius 2 is 1.73 bits per heavy atom. The van der Waals surface area contributed by atoms with Crippen LogP contribution in [0, 0.1) is 10.1 Å². The van der Waals surface area contributed by atoms with Gasteiger partial charge in [0.05, 0.1) is 4.92 Å². The minimum Gasteiger partial charge on any atom is -0.299 e. The second-order valence-corrected chi connectivity index (χ2v) is 2.73. The second kappa shape index (κ2) is 5.49. The molecule has 0 amide bonds. The molecule has 0 atom stereocenters. The van der Waals surface area contributed by atoms with Gasteiger partial charge in [0.2, 0.25) is 0 Å². The van der Waals surface area contributed by atoms with E-state index in [1.54, 1.807) is 30.4 Å². The van der Waals surface area contributed by atoms with Crippen LogP contribution in [0.5, 0.6) is 0 Å². The van der Waals surface area contributed by atoms with Crippen LogP contribution in [0.25, 0.3) is 6.08 Å².